The van der Waals surface area contributed by atoms with Gasteiger partial charge >= 0.3 is 0 Å². The highest BCUT2D eigenvalue weighted by molar-refractivity contribution is 6.72. The third kappa shape index (κ3) is 18.9. The van der Waals surface area contributed by atoms with E-state index in [0.29, 0.717) is 5.54 Å². The molecule has 4 nitrogen and oxygen atoms in total. The second-order valence-electron chi connectivity index (χ2n) is 11.7. The molecule has 0 spiro atoms. The summed E-state index contributed by atoms with van der Waals surface area (Å²) in [6.45, 7) is 29.3. The van der Waals surface area contributed by atoms with Crippen LogP contribution in [0.4, 0.5) is 0 Å². The van der Waals surface area contributed by atoms with E-state index in [1.54, 1.807) is 0 Å². The van der Waals surface area contributed by atoms with Crippen LogP contribution in [0.1, 0.15) is 6.92 Å². The zero-order chi connectivity index (χ0) is 22.4. The monoisotopic (exact) mass is 496 g/mol. The molecule has 0 amide bonds. The summed E-state index contributed by atoms with van der Waals surface area (Å²) in [6, 6.07) is 0. The number of hydrogen-bond donors (Lipinski definition) is 0. The van der Waals surface area contributed by atoms with E-state index in [1.165, 1.54) is 0 Å². The third-order valence-electron chi connectivity index (χ3n) is 3.30. The predicted octanol–water partition coefficient (Wildman–Crippen LogP) is 4.62. The summed E-state index contributed by atoms with van der Waals surface area (Å²) in [7, 11) is -7.51. The van der Waals surface area contributed by atoms with Crippen molar-refractivity contribution < 1.29 is 17.7 Å². The Bertz CT molecular complexity index is 442. The van der Waals surface area contributed by atoms with E-state index in [-0.39, 0.29) is 11.8 Å². The molecule has 0 aliphatic carbocycles. The summed E-state index contributed by atoms with van der Waals surface area (Å²) in [6.07, 6.45) is 2.39. The van der Waals surface area contributed by atoms with Crippen molar-refractivity contribution >= 4 is 52.3 Å². The fraction of sp³-hybridized carbons (Fsp3) is 0.889. The number of hydrogen-bond acceptors (Lipinski definition) is 4. The van der Waals surface area contributed by atoms with Crippen LogP contribution in [0.25, 0.3) is 0 Å². The van der Waals surface area contributed by atoms with Crippen LogP contribution in [0.3, 0.4) is 0 Å². The topological polar surface area (TPSA) is 36.9 Å². The van der Waals surface area contributed by atoms with Crippen LogP contribution >= 0.6 is 0 Å². The predicted molar refractivity (Wildman–Crippen MR) is 141 cm³/mol. The Morgan fingerprint density at radius 1 is 0.571 bits per heavy atom. The summed E-state index contributed by atoms with van der Waals surface area (Å²) in [4.78, 5) is 0. The summed E-state index contributed by atoms with van der Waals surface area (Å²) in [5.41, 5.74) is 2.95. The third-order valence-corrected chi connectivity index (χ3v) is 11.5. The summed E-state index contributed by atoms with van der Waals surface area (Å²) >= 11 is 0. The molecule has 0 bridgehead atoms. The highest BCUT2D eigenvalue weighted by Crippen LogP contribution is 2.18. The van der Waals surface area contributed by atoms with Crippen molar-refractivity contribution in [2.24, 2.45) is 0 Å². The lowest BCUT2D eigenvalue weighted by molar-refractivity contribution is 0.0600. The highest BCUT2D eigenvalue weighted by atomic mass is 28.4. The van der Waals surface area contributed by atoms with Crippen molar-refractivity contribution in [2.75, 3.05) is 0 Å². The number of rotatable bonds is 13. The van der Waals surface area contributed by atoms with Gasteiger partial charge in [-0.2, -0.15) is 0 Å². The van der Waals surface area contributed by atoms with Gasteiger partial charge in [-0.15, -0.1) is 0 Å². The van der Waals surface area contributed by atoms with Gasteiger partial charge in [-0.3, -0.25) is 0 Å². The van der Waals surface area contributed by atoms with Gasteiger partial charge in [-0.1, -0.05) is 18.7 Å². The molecule has 0 aromatic rings. The number of allylic oxidation sites excluding steroid dienone is 1. The minimum Gasteiger partial charge on any atom is -0.398 e. The molecule has 168 valence electrons. The Labute approximate surface area is 184 Å². The Hall–Kier alpha value is 0.881. The molecular weight excluding hydrogens is 449 g/mol. The molecule has 1 atom stereocenters. The molecular formula is C18H48O4Si6. The molecule has 0 saturated carbocycles. The SMILES string of the molecule is CC(C=C[SiH2]C(O[Si](C)(C)C)O[Si](C)(C)C)[SiH2]C(O[Si](C)(C)C)O[Si](C)(C)C. The molecule has 0 aliphatic rings. The maximum absolute atomic E-state index is 6.40. The van der Waals surface area contributed by atoms with Crippen molar-refractivity contribution in [3.05, 3.63) is 11.8 Å². The van der Waals surface area contributed by atoms with E-state index < -0.39 is 52.3 Å². The maximum atomic E-state index is 6.40. The molecule has 0 saturated heterocycles. The Morgan fingerprint density at radius 3 is 1.21 bits per heavy atom. The second-order valence-corrected chi connectivity index (χ2v) is 33.5. The Kier molecular flexibility index (Phi) is 11.8. The van der Waals surface area contributed by atoms with Crippen LogP contribution in [-0.4, -0.2) is 64.1 Å². The summed E-state index contributed by atoms with van der Waals surface area (Å²) in [5.74, 6) is 0.0719. The first-order valence-corrected chi connectivity index (χ1v) is 27.5. The van der Waals surface area contributed by atoms with Gasteiger partial charge in [-0.25, -0.2) is 0 Å². The zero-order valence-electron chi connectivity index (χ0n) is 20.9. The van der Waals surface area contributed by atoms with Gasteiger partial charge in [0.1, 0.15) is 21.3 Å². The molecule has 1 unspecified atom stereocenters. The van der Waals surface area contributed by atoms with Gasteiger partial charge in [-0.05, 0) is 84.1 Å². The Balaban J connectivity index is 4.91. The van der Waals surface area contributed by atoms with Crippen molar-refractivity contribution in [3.63, 3.8) is 0 Å². The Morgan fingerprint density at radius 2 is 0.893 bits per heavy atom. The van der Waals surface area contributed by atoms with Crippen molar-refractivity contribution in [3.8, 4) is 0 Å². The van der Waals surface area contributed by atoms with Gasteiger partial charge in [0.2, 0.25) is 0 Å². The van der Waals surface area contributed by atoms with Crippen LogP contribution in [0.15, 0.2) is 11.8 Å². The molecule has 0 N–H and O–H groups in total. The second kappa shape index (κ2) is 11.5. The van der Waals surface area contributed by atoms with Crippen LogP contribution < -0.4 is 0 Å². The van der Waals surface area contributed by atoms with Crippen LogP contribution in [-0.2, 0) is 17.7 Å². The van der Waals surface area contributed by atoms with Crippen molar-refractivity contribution in [2.45, 2.75) is 103 Å². The fourth-order valence-corrected chi connectivity index (χ4v) is 15.9. The molecule has 28 heavy (non-hydrogen) atoms. The first kappa shape index (κ1) is 28.9. The van der Waals surface area contributed by atoms with Gasteiger partial charge in [0, 0.05) is 0 Å². The quantitative estimate of drug-likeness (QED) is 0.275. The summed E-state index contributed by atoms with van der Waals surface area (Å²) in [5, 5.41) is 0. The van der Waals surface area contributed by atoms with Gasteiger partial charge in [0.15, 0.2) is 33.3 Å². The average molecular weight is 497 g/mol. The largest absolute Gasteiger partial charge is 0.398 e. The van der Waals surface area contributed by atoms with E-state index in [2.05, 4.69) is 97.3 Å². The van der Waals surface area contributed by atoms with Crippen molar-refractivity contribution in [1.29, 1.82) is 0 Å². The molecule has 0 aliphatic heterocycles. The van der Waals surface area contributed by atoms with E-state index in [0.717, 1.165) is 0 Å². The first-order chi connectivity index (χ1) is 12.3. The minimum absolute atomic E-state index is 0.0238. The molecule has 0 fully saturated rings. The lowest BCUT2D eigenvalue weighted by Crippen LogP contribution is -2.43. The van der Waals surface area contributed by atoms with Crippen LogP contribution in [0.5, 0.6) is 0 Å². The lowest BCUT2D eigenvalue weighted by atomic mass is 10.5. The van der Waals surface area contributed by atoms with E-state index >= 15 is 0 Å². The van der Waals surface area contributed by atoms with E-state index in [4.69, 9.17) is 17.7 Å². The fourth-order valence-electron chi connectivity index (χ4n) is 2.62. The smallest absolute Gasteiger partial charge is 0.186 e. The highest BCUT2D eigenvalue weighted by Gasteiger charge is 2.28. The molecule has 0 radical (unpaired) electrons. The van der Waals surface area contributed by atoms with Crippen LogP contribution in [0.2, 0.25) is 84.1 Å². The standard InChI is InChI=1S/C18H48O4Si6/c1-16(24-18(21-27(8,9)10)22-28(11,12)13)14-15-23-17(19-25(2,3)4)20-26(5,6)7/h14-18H,23-24H2,1-13H3. The van der Waals surface area contributed by atoms with E-state index in [1.807, 2.05) is 0 Å². The lowest BCUT2D eigenvalue weighted by Gasteiger charge is -2.32. The summed E-state index contributed by atoms with van der Waals surface area (Å²) < 4.78 is 25.5. The first-order valence-electron chi connectivity index (χ1n) is 10.6. The maximum Gasteiger partial charge on any atom is 0.186 e. The molecule has 0 heterocycles. The van der Waals surface area contributed by atoms with E-state index in [9.17, 15) is 0 Å². The molecule has 0 rings (SSSR count). The van der Waals surface area contributed by atoms with Gasteiger partial charge in [0.25, 0.3) is 0 Å². The van der Waals surface area contributed by atoms with Crippen LogP contribution in [0, 0.1) is 0 Å². The van der Waals surface area contributed by atoms with Crippen molar-refractivity contribution in [1.82, 2.24) is 0 Å². The molecule has 0 aromatic heterocycles. The minimum atomic E-state index is -1.60. The molecule has 10 heteroatoms. The zero-order valence-corrected chi connectivity index (χ0v) is 27.8. The molecule has 0 aromatic carbocycles. The normalized spacial score (nSPS) is 16.7. The average Bonchev–Trinajstić information content (AvgIpc) is 2.29. The van der Waals surface area contributed by atoms with Gasteiger partial charge < -0.3 is 17.7 Å². The van der Waals surface area contributed by atoms with Gasteiger partial charge in [0.05, 0.1) is 9.52 Å².